The van der Waals surface area contributed by atoms with E-state index in [2.05, 4.69) is 5.16 Å². The number of benzene rings is 1. The Hall–Kier alpha value is -2.51. The number of aryl methyl sites for hydroxylation is 2. The molecule has 8 heteroatoms. The number of anilines is 1. The third-order valence-corrected chi connectivity index (χ3v) is 3.88. The summed E-state index contributed by atoms with van der Waals surface area (Å²) in [7, 11) is 0. The number of nitro benzene ring substituents is 1. The fourth-order valence-corrected chi connectivity index (χ4v) is 2.64. The van der Waals surface area contributed by atoms with Gasteiger partial charge in [0.2, 0.25) is 5.92 Å². The summed E-state index contributed by atoms with van der Waals surface area (Å²) in [5, 5.41) is 14.6. The quantitative estimate of drug-likeness (QED) is 0.488. The number of nitro groups is 1. The largest absolute Gasteiger partial charge is 0.393 e. The Morgan fingerprint density at radius 3 is 2.33 bits per heavy atom. The van der Waals surface area contributed by atoms with Crippen LogP contribution in [0.15, 0.2) is 22.7 Å². The Bertz CT molecular complexity index is 717. The summed E-state index contributed by atoms with van der Waals surface area (Å²) in [6.45, 7) is 3.55. The summed E-state index contributed by atoms with van der Waals surface area (Å²) in [5.41, 5.74) is 7.72. The Morgan fingerprint density at radius 1 is 1.29 bits per heavy atom. The minimum absolute atomic E-state index is 0.109. The molecule has 1 aromatic heterocycles. The van der Waals surface area contributed by atoms with E-state index in [0.717, 1.165) is 5.56 Å². The molecule has 0 amide bonds. The topological polar surface area (TPSA) is 95.2 Å². The van der Waals surface area contributed by atoms with Crippen molar-refractivity contribution in [2.75, 3.05) is 5.73 Å². The van der Waals surface area contributed by atoms with Crippen LogP contribution < -0.4 is 5.73 Å². The first-order valence-corrected chi connectivity index (χ1v) is 7.56. The molecule has 3 rings (SSSR count). The highest BCUT2D eigenvalue weighted by atomic mass is 19.3. The lowest BCUT2D eigenvalue weighted by atomic mass is 10.0. The first-order valence-electron chi connectivity index (χ1n) is 7.56. The number of hydrogen-bond donors (Lipinski definition) is 1. The molecule has 0 spiro atoms. The van der Waals surface area contributed by atoms with Gasteiger partial charge in [-0.25, -0.2) is 8.78 Å². The molecular formula is C16H19F2N3O3. The van der Waals surface area contributed by atoms with E-state index in [-0.39, 0.29) is 24.2 Å². The summed E-state index contributed by atoms with van der Waals surface area (Å²) < 4.78 is 28.9. The molecule has 1 saturated carbocycles. The number of nitrogens with zero attached hydrogens (tertiary/aromatic N) is 2. The number of rotatable bonds is 2. The number of nitrogen functional groups attached to an aromatic ring is 1. The molecule has 6 nitrogen and oxygen atoms in total. The fraction of sp³-hybridized carbons (Fsp3) is 0.438. The predicted octanol–water partition coefficient (Wildman–Crippen LogP) is 4.64. The third-order valence-electron chi connectivity index (χ3n) is 3.88. The SMILES string of the molecule is Cc1noc(C)c1-c1ccc(N)c([N+](=O)[O-])c1.FC1(F)CCCC1. The molecule has 2 aromatic rings. The van der Waals surface area contributed by atoms with E-state index in [9.17, 15) is 18.9 Å². The molecule has 0 aliphatic heterocycles. The molecule has 0 atom stereocenters. The zero-order chi connectivity index (χ0) is 17.9. The Balaban J connectivity index is 0.000000249. The van der Waals surface area contributed by atoms with Crippen LogP contribution in [0.2, 0.25) is 0 Å². The van der Waals surface area contributed by atoms with Crippen molar-refractivity contribution in [2.45, 2.75) is 45.5 Å². The first kappa shape index (κ1) is 17.8. The van der Waals surface area contributed by atoms with E-state index < -0.39 is 10.8 Å². The van der Waals surface area contributed by atoms with E-state index in [1.54, 1.807) is 19.9 Å². The molecule has 0 unspecified atom stereocenters. The van der Waals surface area contributed by atoms with Gasteiger partial charge in [-0.1, -0.05) is 11.2 Å². The lowest BCUT2D eigenvalue weighted by Crippen LogP contribution is -2.06. The summed E-state index contributed by atoms with van der Waals surface area (Å²) in [6, 6.07) is 4.66. The summed E-state index contributed by atoms with van der Waals surface area (Å²) in [4.78, 5) is 10.3. The molecule has 1 fully saturated rings. The monoisotopic (exact) mass is 339 g/mol. The normalized spacial score (nSPS) is 15.7. The number of halogens is 2. The minimum Gasteiger partial charge on any atom is -0.393 e. The molecule has 1 aliphatic carbocycles. The molecule has 0 bridgehead atoms. The standard InChI is InChI=1S/C11H11N3O3.C5H8F2/c1-6-11(7(2)17-13-6)8-3-4-9(12)10(5-8)14(15)16;6-5(7)3-1-2-4-5/h3-5H,12H2,1-2H3;1-4H2. The minimum atomic E-state index is -2.31. The van der Waals surface area contributed by atoms with Gasteiger partial charge in [-0.2, -0.15) is 0 Å². The van der Waals surface area contributed by atoms with E-state index in [1.165, 1.54) is 12.1 Å². The zero-order valence-electron chi connectivity index (χ0n) is 13.5. The first-order chi connectivity index (χ1) is 11.2. The van der Waals surface area contributed by atoms with Gasteiger partial charge in [0.15, 0.2) is 0 Å². The summed E-state index contributed by atoms with van der Waals surface area (Å²) >= 11 is 0. The van der Waals surface area contributed by atoms with Gasteiger partial charge >= 0.3 is 0 Å². The molecule has 0 radical (unpaired) electrons. The van der Waals surface area contributed by atoms with Crippen molar-refractivity contribution in [3.8, 4) is 11.1 Å². The number of aromatic nitrogens is 1. The number of hydrogen-bond acceptors (Lipinski definition) is 5. The lowest BCUT2D eigenvalue weighted by molar-refractivity contribution is -0.383. The maximum atomic E-state index is 11.9. The van der Waals surface area contributed by atoms with Gasteiger partial charge in [-0.05, 0) is 38.3 Å². The van der Waals surface area contributed by atoms with Gasteiger partial charge in [0.1, 0.15) is 11.4 Å². The van der Waals surface area contributed by atoms with Crippen molar-refractivity contribution in [3.05, 3.63) is 39.8 Å². The van der Waals surface area contributed by atoms with Gasteiger partial charge < -0.3 is 10.3 Å². The van der Waals surface area contributed by atoms with Crippen molar-refractivity contribution in [1.82, 2.24) is 5.16 Å². The average molecular weight is 339 g/mol. The van der Waals surface area contributed by atoms with Crippen molar-refractivity contribution < 1.29 is 18.2 Å². The third kappa shape index (κ3) is 4.06. The van der Waals surface area contributed by atoms with Crippen molar-refractivity contribution in [3.63, 3.8) is 0 Å². The van der Waals surface area contributed by atoms with Crippen LogP contribution in [0.5, 0.6) is 0 Å². The molecule has 2 N–H and O–H groups in total. The number of alkyl halides is 2. The predicted molar refractivity (Wildman–Crippen MR) is 85.9 cm³/mol. The van der Waals surface area contributed by atoms with Crippen LogP contribution in [0, 0.1) is 24.0 Å². The molecule has 1 aliphatic rings. The van der Waals surface area contributed by atoms with E-state index in [4.69, 9.17) is 10.3 Å². The van der Waals surface area contributed by atoms with Crippen LogP contribution in [0.25, 0.3) is 11.1 Å². The summed E-state index contributed by atoms with van der Waals surface area (Å²) in [6.07, 6.45) is 1.67. The Morgan fingerprint density at radius 2 is 1.92 bits per heavy atom. The molecular weight excluding hydrogens is 320 g/mol. The lowest BCUT2D eigenvalue weighted by Gasteiger charge is -2.03. The van der Waals surface area contributed by atoms with E-state index in [0.29, 0.717) is 29.9 Å². The van der Waals surface area contributed by atoms with Crippen molar-refractivity contribution in [1.29, 1.82) is 0 Å². The second-order valence-electron chi connectivity index (χ2n) is 5.79. The Labute approximate surface area is 137 Å². The maximum Gasteiger partial charge on any atom is 0.292 e. The van der Waals surface area contributed by atoms with Gasteiger partial charge in [0.05, 0.1) is 10.6 Å². The average Bonchev–Trinajstić information content (AvgIpc) is 3.05. The highest BCUT2D eigenvalue weighted by molar-refractivity contribution is 5.74. The Kier molecular flexibility index (Phi) is 5.16. The van der Waals surface area contributed by atoms with Crippen molar-refractivity contribution >= 4 is 11.4 Å². The van der Waals surface area contributed by atoms with Gasteiger partial charge in [-0.15, -0.1) is 0 Å². The van der Waals surface area contributed by atoms with Gasteiger partial charge in [-0.3, -0.25) is 10.1 Å². The van der Waals surface area contributed by atoms with Crippen LogP contribution in [0.4, 0.5) is 20.2 Å². The van der Waals surface area contributed by atoms with Crippen LogP contribution in [-0.4, -0.2) is 16.0 Å². The smallest absolute Gasteiger partial charge is 0.292 e. The van der Waals surface area contributed by atoms with Crippen LogP contribution >= 0.6 is 0 Å². The molecule has 24 heavy (non-hydrogen) atoms. The highest BCUT2D eigenvalue weighted by Gasteiger charge is 2.32. The van der Waals surface area contributed by atoms with E-state index in [1.807, 2.05) is 0 Å². The van der Waals surface area contributed by atoms with Crippen LogP contribution in [0.1, 0.15) is 37.1 Å². The van der Waals surface area contributed by atoms with Gasteiger partial charge in [0, 0.05) is 24.5 Å². The molecule has 130 valence electrons. The van der Waals surface area contributed by atoms with E-state index >= 15 is 0 Å². The molecule has 1 aromatic carbocycles. The maximum absolute atomic E-state index is 11.9. The molecule has 1 heterocycles. The second-order valence-corrected chi connectivity index (χ2v) is 5.79. The molecule has 0 saturated heterocycles. The zero-order valence-corrected chi connectivity index (χ0v) is 13.5. The second kappa shape index (κ2) is 6.94. The van der Waals surface area contributed by atoms with Crippen LogP contribution in [0.3, 0.4) is 0 Å². The van der Waals surface area contributed by atoms with Gasteiger partial charge in [0.25, 0.3) is 5.69 Å². The van der Waals surface area contributed by atoms with Crippen LogP contribution in [-0.2, 0) is 0 Å². The number of nitrogens with two attached hydrogens (primary N) is 1. The van der Waals surface area contributed by atoms with Crippen molar-refractivity contribution in [2.24, 2.45) is 0 Å². The highest BCUT2D eigenvalue weighted by Crippen LogP contribution is 2.34. The summed E-state index contributed by atoms with van der Waals surface area (Å²) in [5.74, 6) is -1.68. The fourth-order valence-electron chi connectivity index (χ4n) is 2.64.